The summed E-state index contributed by atoms with van der Waals surface area (Å²) in [5, 5.41) is 3.09. The van der Waals surface area contributed by atoms with Gasteiger partial charge in [-0.2, -0.15) is 0 Å². The Balaban J connectivity index is 1.94. The number of carbonyl (C=O) groups is 1. The van der Waals surface area contributed by atoms with Gasteiger partial charge in [0.25, 0.3) is 0 Å². The van der Waals surface area contributed by atoms with Crippen molar-refractivity contribution in [3.05, 3.63) is 30.1 Å². The van der Waals surface area contributed by atoms with Crippen molar-refractivity contribution in [2.24, 2.45) is 5.92 Å². The number of aromatic nitrogens is 1. The first-order chi connectivity index (χ1) is 6.36. The Hall–Kier alpha value is -1.22. The molecule has 1 saturated heterocycles. The Morgan fingerprint density at radius 2 is 2.38 bits per heavy atom. The van der Waals surface area contributed by atoms with Crippen molar-refractivity contribution < 1.29 is 4.79 Å². The van der Waals surface area contributed by atoms with Crippen LogP contribution in [0.4, 0.5) is 0 Å². The van der Waals surface area contributed by atoms with Crippen molar-refractivity contribution in [3.63, 3.8) is 0 Å². The minimum absolute atomic E-state index is 0.224. The van der Waals surface area contributed by atoms with E-state index in [1.807, 2.05) is 18.2 Å². The number of rotatable bonds is 3. The summed E-state index contributed by atoms with van der Waals surface area (Å²) < 4.78 is 0. The lowest BCUT2D eigenvalue weighted by molar-refractivity contribution is -0.123. The van der Waals surface area contributed by atoms with Gasteiger partial charge in [-0.05, 0) is 12.1 Å². The van der Waals surface area contributed by atoms with Crippen molar-refractivity contribution in [3.8, 4) is 0 Å². The topological polar surface area (TPSA) is 42.0 Å². The minimum Gasteiger partial charge on any atom is -0.315 e. The Bertz CT molecular complexity index is 293. The molecule has 13 heavy (non-hydrogen) atoms. The molecule has 1 aromatic heterocycles. The van der Waals surface area contributed by atoms with Gasteiger partial charge < -0.3 is 5.32 Å². The van der Waals surface area contributed by atoms with Crippen molar-refractivity contribution >= 4 is 5.78 Å². The van der Waals surface area contributed by atoms with Crippen molar-refractivity contribution in [1.82, 2.24) is 10.3 Å². The predicted octanol–water partition coefficient (Wildman–Crippen LogP) is 0.413. The van der Waals surface area contributed by atoms with Gasteiger partial charge in [0.05, 0.1) is 0 Å². The summed E-state index contributed by atoms with van der Waals surface area (Å²) >= 11 is 0. The molecule has 0 radical (unpaired) electrons. The summed E-state index contributed by atoms with van der Waals surface area (Å²) in [6.45, 7) is 1.68. The van der Waals surface area contributed by atoms with Crippen LogP contribution in [0.3, 0.4) is 0 Å². The Kier molecular flexibility index (Phi) is 2.36. The highest BCUT2D eigenvalue weighted by Crippen LogP contribution is 2.07. The molecule has 0 atom stereocenters. The molecule has 0 unspecified atom stereocenters. The number of Topliss-reactive ketones (excluding diaryl/α,β-unsaturated/α-hetero) is 1. The zero-order valence-corrected chi connectivity index (χ0v) is 7.36. The molecule has 1 aromatic rings. The van der Waals surface area contributed by atoms with Gasteiger partial charge in [0.1, 0.15) is 5.78 Å². The molecule has 2 rings (SSSR count). The summed E-state index contributed by atoms with van der Waals surface area (Å²) in [4.78, 5) is 15.6. The maximum absolute atomic E-state index is 11.5. The molecule has 3 heteroatoms. The maximum Gasteiger partial charge on any atom is 0.144 e. The van der Waals surface area contributed by atoms with Crippen molar-refractivity contribution in [1.29, 1.82) is 0 Å². The maximum atomic E-state index is 11.5. The van der Waals surface area contributed by atoms with Crippen LogP contribution in [0.15, 0.2) is 24.4 Å². The van der Waals surface area contributed by atoms with E-state index in [0.717, 1.165) is 18.8 Å². The first-order valence-electron chi connectivity index (χ1n) is 4.49. The fourth-order valence-corrected chi connectivity index (χ4v) is 1.34. The smallest absolute Gasteiger partial charge is 0.144 e. The molecule has 1 aliphatic heterocycles. The molecule has 0 saturated carbocycles. The average molecular weight is 176 g/mol. The monoisotopic (exact) mass is 176 g/mol. The summed E-state index contributed by atoms with van der Waals surface area (Å²) in [5.74, 6) is 0.527. The Morgan fingerprint density at radius 1 is 1.54 bits per heavy atom. The zero-order valence-electron chi connectivity index (χ0n) is 7.36. The quantitative estimate of drug-likeness (QED) is 0.725. The standard InChI is InChI=1S/C10H12N2O/c13-10(8-6-11-7-8)5-9-3-1-2-4-12-9/h1-4,8,11H,5-7H2. The molecular weight excluding hydrogens is 164 g/mol. The summed E-state index contributed by atoms with van der Waals surface area (Å²) in [5.41, 5.74) is 0.874. The second kappa shape index (κ2) is 3.66. The van der Waals surface area contributed by atoms with Gasteiger partial charge in [0.2, 0.25) is 0 Å². The van der Waals surface area contributed by atoms with Gasteiger partial charge in [0, 0.05) is 37.3 Å². The third kappa shape index (κ3) is 1.92. The van der Waals surface area contributed by atoms with E-state index in [-0.39, 0.29) is 5.92 Å². The number of carbonyl (C=O) groups excluding carboxylic acids is 1. The molecular formula is C10H12N2O. The van der Waals surface area contributed by atoms with Crippen LogP contribution >= 0.6 is 0 Å². The second-order valence-corrected chi connectivity index (χ2v) is 3.32. The van der Waals surface area contributed by atoms with Crippen molar-refractivity contribution in [2.45, 2.75) is 6.42 Å². The largest absolute Gasteiger partial charge is 0.315 e. The lowest BCUT2D eigenvalue weighted by Crippen LogP contribution is -2.47. The van der Waals surface area contributed by atoms with E-state index in [4.69, 9.17) is 0 Å². The molecule has 3 nitrogen and oxygen atoms in total. The van der Waals surface area contributed by atoms with Crippen molar-refractivity contribution in [2.75, 3.05) is 13.1 Å². The van der Waals surface area contributed by atoms with Gasteiger partial charge in [-0.1, -0.05) is 6.07 Å². The molecule has 0 bridgehead atoms. The lowest BCUT2D eigenvalue weighted by Gasteiger charge is -2.25. The van der Waals surface area contributed by atoms with Gasteiger partial charge in [-0.25, -0.2) is 0 Å². The molecule has 0 aromatic carbocycles. The lowest BCUT2D eigenvalue weighted by atomic mass is 9.95. The number of ketones is 1. The number of pyridine rings is 1. The number of nitrogens with zero attached hydrogens (tertiary/aromatic N) is 1. The van der Waals surface area contributed by atoms with Gasteiger partial charge in [-0.3, -0.25) is 9.78 Å². The van der Waals surface area contributed by atoms with Gasteiger partial charge in [0.15, 0.2) is 0 Å². The van der Waals surface area contributed by atoms with Gasteiger partial charge in [-0.15, -0.1) is 0 Å². The zero-order chi connectivity index (χ0) is 9.10. The number of nitrogens with one attached hydrogen (secondary N) is 1. The third-order valence-electron chi connectivity index (χ3n) is 2.32. The van der Waals surface area contributed by atoms with Crippen LogP contribution in [0.25, 0.3) is 0 Å². The van der Waals surface area contributed by atoms with E-state index in [2.05, 4.69) is 10.3 Å². The fourth-order valence-electron chi connectivity index (χ4n) is 1.34. The first kappa shape index (κ1) is 8.38. The van der Waals surface area contributed by atoms with E-state index in [9.17, 15) is 4.79 Å². The number of hydrogen-bond donors (Lipinski definition) is 1. The minimum atomic E-state index is 0.224. The summed E-state index contributed by atoms with van der Waals surface area (Å²) in [7, 11) is 0. The molecule has 1 fully saturated rings. The van der Waals surface area contributed by atoms with E-state index in [1.54, 1.807) is 6.20 Å². The highest BCUT2D eigenvalue weighted by Gasteiger charge is 2.24. The van der Waals surface area contributed by atoms with Crippen LogP contribution in [0.2, 0.25) is 0 Å². The Labute approximate surface area is 77.2 Å². The van der Waals surface area contributed by atoms with Crippen LogP contribution in [0.5, 0.6) is 0 Å². The second-order valence-electron chi connectivity index (χ2n) is 3.32. The fraction of sp³-hybridized carbons (Fsp3) is 0.400. The molecule has 0 aliphatic carbocycles. The highest BCUT2D eigenvalue weighted by molar-refractivity contribution is 5.84. The van der Waals surface area contributed by atoms with Crippen LogP contribution < -0.4 is 5.32 Å². The molecule has 1 aliphatic rings. The average Bonchev–Trinajstić information content (AvgIpc) is 2.02. The third-order valence-corrected chi connectivity index (χ3v) is 2.32. The Morgan fingerprint density at radius 3 is 2.92 bits per heavy atom. The van der Waals surface area contributed by atoms with Crippen LogP contribution in [-0.2, 0) is 11.2 Å². The highest BCUT2D eigenvalue weighted by atomic mass is 16.1. The van der Waals surface area contributed by atoms with Crippen LogP contribution in [0, 0.1) is 5.92 Å². The van der Waals surface area contributed by atoms with Crippen LogP contribution in [0.1, 0.15) is 5.69 Å². The number of hydrogen-bond acceptors (Lipinski definition) is 3. The van der Waals surface area contributed by atoms with E-state index >= 15 is 0 Å². The summed E-state index contributed by atoms with van der Waals surface area (Å²) in [6, 6.07) is 5.66. The van der Waals surface area contributed by atoms with E-state index in [1.165, 1.54) is 0 Å². The summed E-state index contributed by atoms with van der Waals surface area (Å²) in [6.07, 6.45) is 2.20. The molecule has 0 spiro atoms. The first-order valence-corrected chi connectivity index (χ1v) is 4.49. The SMILES string of the molecule is O=C(Cc1ccccn1)C1CNC1. The molecule has 2 heterocycles. The van der Waals surface area contributed by atoms with Crippen LogP contribution in [-0.4, -0.2) is 23.9 Å². The van der Waals surface area contributed by atoms with E-state index < -0.39 is 0 Å². The van der Waals surface area contributed by atoms with Gasteiger partial charge >= 0.3 is 0 Å². The van der Waals surface area contributed by atoms with E-state index in [0.29, 0.717) is 12.2 Å². The molecule has 68 valence electrons. The predicted molar refractivity (Wildman–Crippen MR) is 49.3 cm³/mol. The molecule has 1 N–H and O–H groups in total. The molecule has 0 amide bonds. The normalized spacial score (nSPS) is 16.6.